The minimum atomic E-state index is 0.600. The van der Waals surface area contributed by atoms with Crippen LogP contribution < -0.4 is 0 Å². The first-order valence-electron chi connectivity index (χ1n) is 3.20. The first kappa shape index (κ1) is 6.99. The van der Waals surface area contributed by atoms with Crippen molar-refractivity contribution < 1.29 is 9.32 Å². The third-order valence-electron chi connectivity index (χ3n) is 1.44. The van der Waals surface area contributed by atoms with Crippen molar-refractivity contribution in [1.82, 2.24) is 5.16 Å². The van der Waals surface area contributed by atoms with Gasteiger partial charge < -0.3 is 4.52 Å². The second-order valence-corrected chi connectivity index (χ2v) is 2.07. The van der Waals surface area contributed by atoms with Gasteiger partial charge in [0.15, 0.2) is 6.29 Å². The molecule has 0 unspecified atom stereocenters. The fourth-order valence-corrected chi connectivity index (χ4v) is 0.831. The summed E-state index contributed by atoms with van der Waals surface area (Å²) in [7, 11) is 0. The number of rotatable bonds is 2. The second kappa shape index (κ2) is 2.64. The lowest BCUT2D eigenvalue weighted by atomic mass is 10.2. The molecule has 1 aromatic rings. The molecule has 0 amide bonds. The first-order chi connectivity index (χ1) is 4.79. The van der Waals surface area contributed by atoms with E-state index in [2.05, 4.69) is 5.16 Å². The molecular weight excluding hydrogens is 130 g/mol. The number of nitrogens with zero attached hydrogens (tertiary/aromatic N) is 1. The molecule has 0 aromatic carbocycles. The van der Waals surface area contributed by atoms with Crippen LogP contribution in [0.25, 0.3) is 0 Å². The molecule has 1 rings (SSSR count). The van der Waals surface area contributed by atoms with Gasteiger partial charge in [-0.1, -0.05) is 12.1 Å². The van der Waals surface area contributed by atoms with E-state index in [0.29, 0.717) is 11.3 Å². The van der Waals surface area contributed by atoms with Gasteiger partial charge >= 0.3 is 0 Å². The zero-order valence-corrected chi connectivity index (χ0v) is 6.05. The van der Waals surface area contributed by atoms with E-state index in [1.165, 1.54) is 0 Å². The maximum absolute atomic E-state index is 10.4. The van der Waals surface area contributed by atoms with Gasteiger partial charge in [0.25, 0.3) is 0 Å². The van der Waals surface area contributed by atoms with E-state index in [4.69, 9.17) is 4.52 Å². The van der Waals surface area contributed by atoms with Crippen LogP contribution in [0.4, 0.5) is 0 Å². The SMILES string of the molecule is CCc1noc(C)c1C=O. The van der Waals surface area contributed by atoms with Crippen LogP contribution in [-0.4, -0.2) is 11.4 Å². The molecular formula is C7H9NO2. The third-order valence-corrected chi connectivity index (χ3v) is 1.44. The molecule has 0 atom stereocenters. The number of hydrogen-bond donors (Lipinski definition) is 0. The molecule has 3 heteroatoms. The first-order valence-corrected chi connectivity index (χ1v) is 3.20. The summed E-state index contributed by atoms with van der Waals surface area (Å²) in [5, 5.41) is 3.70. The van der Waals surface area contributed by atoms with Crippen molar-refractivity contribution in [3.8, 4) is 0 Å². The summed E-state index contributed by atoms with van der Waals surface area (Å²) < 4.78 is 4.80. The lowest BCUT2D eigenvalue weighted by Gasteiger charge is -1.84. The van der Waals surface area contributed by atoms with Crippen molar-refractivity contribution in [1.29, 1.82) is 0 Å². The fraction of sp³-hybridized carbons (Fsp3) is 0.429. The van der Waals surface area contributed by atoms with Crippen LogP contribution >= 0.6 is 0 Å². The van der Waals surface area contributed by atoms with Gasteiger partial charge in [-0.15, -0.1) is 0 Å². The molecule has 0 radical (unpaired) electrons. The second-order valence-electron chi connectivity index (χ2n) is 2.07. The van der Waals surface area contributed by atoms with Crippen LogP contribution in [0.5, 0.6) is 0 Å². The standard InChI is InChI=1S/C7H9NO2/c1-3-7-6(4-9)5(2)10-8-7/h4H,3H2,1-2H3. The van der Waals surface area contributed by atoms with Crippen LogP contribution in [-0.2, 0) is 6.42 Å². The Labute approximate surface area is 59.0 Å². The lowest BCUT2D eigenvalue weighted by molar-refractivity contribution is 0.112. The van der Waals surface area contributed by atoms with Gasteiger partial charge in [0.1, 0.15) is 5.76 Å². The van der Waals surface area contributed by atoms with E-state index in [1.807, 2.05) is 6.92 Å². The van der Waals surface area contributed by atoms with Crippen molar-refractivity contribution in [3.63, 3.8) is 0 Å². The number of hydrogen-bond acceptors (Lipinski definition) is 3. The Bertz CT molecular complexity index is 240. The highest BCUT2D eigenvalue weighted by Crippen LogP contribution is 2.10. The summed E-state index contributed by atoms with van der Waals surface area (Å²) in [6.45, 7) is 3.67. The summed E-state index contributed by atoms with van der Waals surface area (Å²) in [5.74, 6) is 0.604. The van der Waals surface area contributed by atoms with Crippen molar-refractivity contribution in [2.45, 2.75) is 20.3 Å². The molecule has 0 fully saturated rings. The summed E-state index contributed by atoms with van der Waals surface area (Å²) in [5.41, 5.74) is 1.34. The number of aryl methyl sites for hydroxylation is 2. The third kappa shape index (κ3) is 0.943. The number of carbonyl (C=O) groups is 1. The van der Waals surface area contributed by atoms with E-state index in [9.17, 15) is 4.79 Å². The van der Waals surface area contributed by atoms with Crippen LogP contribution in [0.1, 0.15) is 28.7 Å². The predicted molar refractivity (Wildman–Crippen MR) is 36.0 cm³/mol. The summed E-state index contributed by atoms with van der Waals surface area (Å²) in [4.78, 5) is 10.4. The summed E-state index contributed by atoms with van der Waals surface area (Å²) >= 11 is 0. The Morgan fingerprint density at radius 3 is 2.80 bits per heavy atom. The molecule has 0 aliphatic carbocycles. The molecule has 0 N–H and O–H groups in total. The molecule has 1 aromatic heterocycles. The molecule has 0 aliphatic heterocycles. The average Bonchev–Trinajstić information content (AvgIpc) is 2.30. The maximum atomic E-state index is 10.4. The van der Waals surface area contributed by atoms with Gasteiger partial charge in [-0.05, 0) is 13.3 Å². The normalized spacial score (nSPS) is 9.80. The van der Waals surface area contributed by atoms with Crippen molar-refractivity contribution in [2.24, 2.45) is 0 Å². The van der Waals surface area contributed by atoms with Gasteiger partial charge in [0, 0.05) is 0 Å². The largest absolute Gasteiger partial charge is 0.361 e. The summed E-state index contributed by atoms with van der Waals surface area (Å²) in [6, 6.07) is 0. The number of aldehydes is 1. The zero-order valence-electron chi connectivity index (χ0n) is 6.05. The minimum Gasteiger partial charge on any atom is -0.361 e. The Balaban J connectivity index is 3.12. The Hall–Kier alpha value is -1.12. The van der Waals surface area contributed by atoms with Crippen LogP contribution in [0.2, 0.25) is 0 Å². The van der Waals surface area contributed by atoms with E-state index in [0.717, 1.165) is 18.4 Å². The average molecular weight is 139 g/mol. The van der Waals surface area contributed by atoms with Gasteiger partial charge in [-0.2, -0.15) is 0 Å². The van der Waals surface area contributed by atoms with E-state index in [-0.39, 0.29) is 0 Å². The van der Waals surface area contributed by atoms with Crippen molar-refractivity contribution in [2.75, 3.05) is 0 Å². The van der Waals surface area contributed by atoms with Gasteiger partial charge in [0.2, 0.25) is 0 Å². The summed E-state index contributed by atoms with van der Waals surface area (Å²) in [6.07, 6.45) is 1.52. The number of carbonyl (C=O) groups excluding carboxylic acids is 1. The van der Waals surface area contributed by atoms with E-state index < -0.39 is 0 Å². The van der Waals surface area contributed by atoms with E-state index >= 15 is 0 Å². The molecule has 1 heterocycles. The highest BCUT2D eigenvalue weighted by atomic mass is 16.5. The molecule has 0 bridgehead atoms. The number of aromatic nitrogens is 1. The van der Waals surface area contributed by atoms with E-state index in [1.54, 1.807) is 6.92 Å². The molecule has 0 spiro atoms. The molecule has 10 heavy (non-hydrogen) atoms. The highest BCUT2D eigenvalue weighted by Gasteiger charge is 2.08. The lowest BCUT2D eigenvalue weighted by Crippen LogP contribution is -1.87. The molecule has 54 valence electrons. The zero-order chi connectivity index (χ0) is 7.56. The van der Waals surface area contributed by atoms with Crippen LogP contribution in [0.15, 0.2) is 4.52 Å². The Morgan fingerprint density at radius 1 is 1.70 bits per heavy atom. The monoisotopic (exact) mass is 139 g/mol. The van der Waals surface area contributed by atoms with Crippen LogP contribution in [0.3, 0.4) is 0 Å². The fourth-order valence-electron chi connectivity index (χ4n) is 0.831. The minimum absolute atomic E-state index is 0.600. The van der Waals surface area contributed by atoms with Crippen LogP contribution in [0, 0.1) is 6.92 Å². The van der Waals surface area contributed by atoms with Crippen molar-refractivity contribution >= 4 is 6.29 Å². The van der Waals surface area contributed by atoms with Gasteiger partial charge in [-0.25, -0.2) is 0 Å². The van der Waals surface area contributed by atoms with Crippen molar-refractivity contribution in [3.05, 3.63) is 17.0 Å². The van der Waals surface area contributed by atoms with Gasteiger partial charge in [-0.3, -0.25) is 4.79 Å². The highest BCUT2D eigenvalue weighted by molar-refractivity contribution is 5.77. The molecule has 0 saturated carbocycles. The topological polar surface area (TPSA) is 43.1 Å². The maximum Gasteiger partial charge on any atom is 0.155 e. The Kier molecular flexibility index (Phi) is 1.85. The quantitative estimate of drug-likeness (QED) is 0.581. The molecule has 3 nitrogen and oxygen atoms in total. The molecule has 0 aliphatic rings. The van der Waals surface area contributed by atoms with Gasteiger partial charge in [0.05, 0.1) is 11.3 Å². The Morgan fingerprint density at radius 2 is 2.40 bits per heavy atom. The molecule has 0 saturated heterocycles. The predicted octanol–water partition coefficient (Wildman–Crippen LogP) is 1.36. The smallest absolute Gasteiger partial charge is 0.155 e.